The van der Waals surface area contributed by atoms with Crippen LogP contribution in [0.3, 0.4) is 0 Å². The van der Waals surface area contributed by atoms with Gasteiger partial charge < -0.3 is 68.9 Å². The van der Waals surface area contributed by atoms with Crippen LogP contribution in [0.5, 0.6) is 5.75 Å². The molecule has 0 spiro atoms. The largest absolute Gasteiger partial charge is 0.508 e. The van der Waals surface area contributed by atoms with Crippen molar-refractivity contribution in [3.05, 3.63) is 29.8 Å². The second-order valence-electron chi connectivity index (χ2n) is 19.5. The maximum Gasteiger partial charge on any atom is 0.326 e. The van der Waals surface area contributed by atoms with Crippen LogP contribution in [0.4, 0.5) is 0 Å². The van der Waals surface area contributed by atoms with E-state index in [1.54, 1.807) is 59.9 Å². The lowest BCUT2D eigenvalue weighted by atomic mass is 9.99. The van der Waals surface area contributed by atoms with Gasteiger partial charge in [-0.25, -0.2) is 4.79 Å². The average molecular weight is 1040 g/mol. The molecule has 0 heterocycles. The van der Waals surface area contributed by atoms with Crippen molar-refractivity contribution in [2.45, 2.75) is 156 Å². The molecule has 0 bridgehead atoms. The Morgan fingerprint density at radius 2 is 0.986 bits per heavy atom. The molecule has 1 rings (SSSR count). The number of phenols is 1. The van der Waals surface area contributed by atoms with E-state index in [1.165, 1.54) is 37.7 Å². The zero-order valence-electron chi connectivity index (χ0n) is 43.4. The summed E-state index contributed by atoms with van der Waals surface area (Å²) in [6, 6.07) is -3.57. The van der Waals surface area contributed by atoms with Gasteiger partial charge in [0.1, 0.15) is 48.0 Å². The Morgan fingerprint density at radius 1 is 0.542 bits per heavy atom. The number of carbonyl (C=O) groups excluding carboxylic acids is 9. The minimum absolute atomic E-state index is 0.0364. The summed E-state index contributed by atoms with van der Waals surface area (Å²) in [5, 5.41) is 52.3. The minimum atomic E-state index is -1.61. The normalized spacial score (nSPS) is 15.1. The number of carboxylic acids is 1. The van der Waals surface area contributed by atoms with Crippen molar-refractivity contribution in [1.82, 2.24) is 47.9 Å². The fourth-order valence-corrected chi connectivity index (χ4v) is 7.49. The molecule has 9 atom stereocenters. The van der Waals surface area contributed by atoms with Crippen LogP contribution in [-0.4, -0.2) is 154 Å². The van der Waals surface area contributed by atoms with Crippen molar-refractivity contribution < 1.29 is 63.3 Å². The average Bonchev–Trinajstić information content (AvgIpc) is 3.28. The van der Waals surface area contributed by atoms with E-state index < -0.39 is 133 Å². The standard InChI is InChI=1S/C48H80N10O13S/c1-24(2)18-34(45(67)56-36(20-26(5)6)46(68)58-40(29(10)59)47(69)54-33(16-17-72-11)43(65)57-39(27(7)8)48(70)71)53-38(62)23-50-37(61)22-51-41(63)28(9)52-44(66)35(19-25(3)4)55-42(64)32(49)21-30-12-14-31(60)15-13-30/h12-15,24-29,32-36,39-40,59-60H,16-23,49H2,1-11H3,(H,50,61)(H,51,63)(H,52,66)(H,53,62)(H,54,69)(H,55,64)(H,56,67)(H,57,65)(H,58,68)(H,70,71)/t28-,29+,32-,33-,34-,35-,36-,39-,40-/m0/s1. The first-order chi connectivity index (χ1) is 33.6. The van der Waals surface area contributed by atoms with E-state index in [1.807, 2.05) is 13.8 Å². The second-order valence-corrected chi connectivity index (χ2v) is 20.5. The monoisotopic (exact) mass is 1040 g/mol. The number of nitrogens with two attached hydrogens (primary N) is 1. The summed E-state index contributed by atoms with van der Waals surface area (Å²) in [4.78, 5) is 131. The summed E-state index contributed by atoms with van der Waals surface area (Å²) < 4.78 is 0. The summed E-state index contributed by atoms with van der Waals surface area (Å²) in [7, 11) is 0. The van der Waals surface area contributed by atoms with Crippen LogP contribution in [0, 0.1) is 23.7 Å². The van der Waals surface area contributed by atoms with E-state index in [4.69, 9.17) is 5.73 Å². The van der Waals surface area contributed by atoms with E-state index in [0.717, 1.165) is 0 Å². The number of carbonyl (C=O) groups is 10. The fraction of sp³-hybridized carbons (Fsp3) is 0.667. The van der Waals surface area contributed by atoms with E-state index in [9.17, 15) is 63.3 Å². The van der Waals surface area contributed by atoms with Gasteiger partial charge in [0.2, 0.25) is 53.2 Å². The van der Waals surface area contributed by atoms with E-state index in [-0.39, 0.29) is 55.6 Å². The molecule has 1 aromatic carbocycles. The number of aliphatic hydroxyl groups is 1. The Morgan fingerprint density at radius 3 is 1.47 bits per heavy atom. The Bertz CT molecular complexity index is 1990. The molecule has 0 aliphatic carbocycles. The highest BCUT2D eigenvalue weighted by Crippen LogP contribution is 2.14. The van der Waals surface area contributed by atoms with Crippen LogP contribution in [0.15, 0.2) is 24.3 Å². The van der Waals surface area contributed by atoms with Gasteiger partial charge in [-0.15, -0.1) is 0 Å². The van der Waals surface area contributed by atoms with Crippen molar-refractivity contribution in [3.63, 3.8) is 0 Å². The number of carboxylic acid groups (broad SMARTS) is 1. The minimum Gasteiger partial charge on any atom is -0.508 e. The number of aliphatic hydroxyl groups excluding tert-OH is 1. The van der Waals surface area contributed by atoms with E-state index in [0.29, 0.717) is 11.3 Å². The lowest BCUT2D eigenvalue weighted by Gasteiger charge is -2.29. The summed E-state index contributed by atoms with van der Waals surface area (Å²) in [6.07, 6.45) is 0.927. The second kappa shape index (κ2) is 32.1. The fourth-order valence-electron chi connectivity index (χ4n) is 7.02. The van der Waals surface area contributed by atoms with Crippen LogP contribution in [0.2, 0.25) is 0 Å². The Kier molecular flexibility index (Phi) is 28.6. The predicted molar refractivity (Wildman–Crippen MR) is 271 cm³/mol. The van der Waals surface area contributed by atoms with Crippen molar-refractivity contribution in [3.8, 4) is 5.75 Å². The molecule has 0 saturated heterocycles. The Hall–Kier alpha value is -6.01. The SMILES string of the molecule is CSCC[C@H](NC(=O)[C@@H](NC(=O)[C@H](CC(C)C)NC(=O)[C@H](CC(C)C)NC(=O)CNC(=O)CNC(=O)[C@H](C)NC(=O)[C@H](CC(C)C)NC(=O)[C@@H](N)Cc1ccc(O)cc1)[C@@H](C)O)C(=O)N[C@H](C(=O)O)C(C)C. The molecule has 0 fully saturated rings. The third kappa shape index (κ3) is 24.4. The molecule has 0 radical (unpaired) electrons. The van der Waals surface area contributed by atoms with Gasteiger partial charge in [0, 0.05) is 0 Å². The maximum atomic E-state index is 13.8. The maximum absolute atomic E-state index is 13.8. The zero-order valence-corrected chi connectivity index (χ0v) is 44.2. The molecule has 0 aromatic heterocycles. The number of aromatic hydroxyl groups is 1. The molecule has 0 unspecified atom stereocenters. The van der Waals surface area contributed by atoms with E-state index >= 15 is 0 Å². The number of phenolic OH excluding ortho intramolecular Hbond substituents is 1. The smallest absolute Gasteiger partial charge is 0.326 e. The molecule has 0 aliphatic heterocycles. The molecular weight excluding hydrogens is 957 g/mol. The van der Waals surface area contributed by atoms with Gasteiger partial charge in [-0.3, -0.25) is 43.2 Å². The number of benzene rings is 1. The number of rotatable bonds is 32. The van der Waals surface area contributed by atoms with Gasteiger partial charge >= 0.3 is 5.97 Å². The van der Waals surface area contributed by atoms with Crippen LogP contribution in [0.25, 0.3) is 0 Å². The van der Waals surface area contributed by atoms with Crippen LogP contribution in [0.1, 0.15) is 100 Å². The Labute approximate surface area is 426 Å². The van der Waals surface area contributed by atoms with Crippen molar-refractivity contribution in [1.29, 1.82) is 0 Å². The molecule has 72 heavy (non-hydrogen) atoms. The van der Waals surface area contributed by atoms with E-state index in [2.05, 4.69) is 47.9 Å². The topological polar surface area (TPSA) is 366 Å². The molecule has 14 N–H and O–H groups in total. The first kappa shape index (κ1) is 64.0. The van der Waals surface area contributed by atoms with Gasteiger partial charge in [0.15, 0.2) is 0 Å². The highest BCUT2D eigenvalue weighted by Gasteiger charge is 2.35. The first-order valence-corrected chi connectivity index (χ1v) is 25.5. The highest BCUT2D eigenvalue weighted by atomic mass is 32.2. The molecular formula is C48H80N10O13S. The molecule has 0 aliphatic rings. The quantitative estimate of drug-likeness (QED) is 0.0408. The summed E-state index contributed by atoms with van der Waals surface area (Å²) in [6.45, 7) is 15.5. The van der Waals surface area contributed by atoms with Gasteiger partial charge in [-0.2, -0.15) is 11.8 Å². The van der Waals surface area contributed by atoms with Crippen LogP contribution in [-0.2, 0) is 54.4 Å². The number of aliphatic carboxylic acids is 1. The van der Waals surface area contributed by atoms with Crippen LogP contribution < -0.4 is 53.6 Å². The molecule has 9 amide bonds. The lowest BCUT2D eigenvalue weighted by Crippen LogP contribution is -2.61. The molecule has 406 valence electrons. The summed E-state index contributed by atoms with van der Waals surface area (Å²) >= 11 is 1.38. The number of hydrogen-bond donors (Lipinski definition) is 13. The summed E-state index contributed by atoms with van der Waals surface area (Å²) in [5.74, 6) is -8.52. The van der Waals surface area contributed by atoms with Crippen molar-refractivity contribution in [2.24, 2.45) is 29.4 Å². The van der Waals surface area contributed by atoms with Gasteiger partial charge in [0.05, 0.1) is 25.2 Å². The number of hydrogen-bond acceptors (Lipinski definition) is 14. The number of thioether (sulfide) groups is 1. The third-order valence-electron chi connectivity index (χ3n) is 10.9. The Balaban J connectivity index is 2.95. The molecule has 24 heteroatoms. The number of amides is 9. The first-order valence-electron chi connectivity index (χ1n) is 24.2. The van der Waals surface area contributed by atoms with Crippen molar-refractivity contribution in [2.75, 3.05) is 25.1 Å². The van der Waals surface area contributed by atoms with Gasteiger partial charge in [-0.05, 0) is 99.3 Å². The predicted octanol–water partition coefficient (Wildman–Crippen LogP) is -1.08. The zero-order chi connectivity index (χ0) is 55.0. The highest BCUT2D eigenvalue weighted by molar-refractivity contribution is 7.98. The van der Waals surface area contributed by atoms with Gasteiger partial charge in [0.25, 0.3) is 0 Å². The lowest BCUT2D eigenvalue weighted by molar-refractivity contribution is -0.143. The van der Waals surface area contributed by atoms with Crippen molar-refractivity contribution >= 4 is 70.9 Å². The molecule has 1 aromatic rings. The van der Waals surface area contributed by atoms with Crippen LogP contribution >= 0.6 is 11.8 Å². The third-order valence-corrected chi connectivity index (χ3v) is 11.6. The molecule has 0 saturated carbocycles. The molecule has 23 nitrogen and oxygen atoms in total. The van der Waals surface area contributed by atoms with Gasteiger partial charge in [-0.1, -0.05) is 67.5 Å². The number of nitrogens with one attached hydrogen (secondary N) is 9. The summed E-state index contributed by atoms with van der Waals surface area (Å²) in [5.41, 5.74) is 6.79.